The third-order valence-electron chi connectivity index (χ3n) is 5.76. The minimum absolute atomic E-state index is 0.120. The van der Waals surface area contributed by atoms with Crippen LogP contribution in [0.1, 0.15) is 30.5 Å². The Kier molecular flexibility index (Phi) is 5.96. The molecule has 0 bridgehead atoms. The summed E-state index contributed by atoms with van der Waals surface area (Å²) in [5, 5.41) is 2.98. The second-order valence-corrected chi connectivity index (χ2v) is 8.46. The van der Waals surface area contributed by atoms with E-state index >= 15 is 0 Å². The number of hydrogen-bond donors (Lipinski definition) is 1. The van der Waals surface area contributed by atoms with Crippen LogP contribution < -0.4 is 10.2 Å². The number of carbonyl (C=O) groups is 2. The van der Waals surface area contributed by atoms with Gasteiger partial charge in [0.25, 0.3) is 0 Å². The van der Waals surface area contributed by atoms with Crippen LogP contribution in [-0.4, -0.2) is 42.9 Å². The van der Waals surface area contributed by atoms with E-state index in [1.807, 2.05) is 36.9 Å². The van der Waals surface area contributed by atoms with Gasteiger partial charge in [-0.25, -0.2) is 0 Å². The second kappa shape index (κ2) is 8.27. The first kappa shape index (κ1) is 20.9. The molecule has 1 heterocycles. The summed E-state index contributed by atoms with van der Waals surface area (Å²) in [6.45, 7) is 12.2. The fraction of sp³-hybridized carbons (Fsp3) is 0.417. The Balaban J connectivity index is 1.65. The van der Waals surface area contributed by atoms with E-state index in [1.165, 1.54) is 11.3 Å². The van der Waals surface area contributed by atoms with Crippen LogP contribution in [0.25, 0.3) is 0 Å². The molecule has 1 aliphatic heterocycles. The van der Waals surface area contributed by atoms with Crippen LogP contribution in [0.5, 0.6) is 0 Å². The lowest BCUT2D eigenvalue weighted by Crippen LogP contribution is -2.54. The Bertz CT molecular complexity index is 892. The maximum atomic E-state index is 13.2. The van der Waals surface area contributed by atoms with Crippen LogP contribution >= 0.6 is 0 Å². The van der Waals surface area contributed by atoms with E-state index in [4.69, 9.17) is 0 Å². The van der Waals surface area contributed by atoms with Crippen molar-refractivity contribution in [1.29, 1.82) is 0 Å². The molecular formula is C24H31N3O2. The molecule has 0 spiro atoms. The number of nitrogens with one attached hydrogen (secondary N) is 1. The maximum absolute atomic E-state index is 13.2. The molecule has 0 aromatic heterocycles. The lowest BCUT2D eigenvalue weighted by Gasteiger charge is -2.39. The lowest BCUT2D eigenvalue weighted by molar-refractivity contribution is -0.146. The van der Waals surface area contributed by atoms with Crippen molar-refractivity contribution in [2.24, 2.45) is 5.41 Å². The second-order valence-electron chi connectivity index (χ2n) is 8.46. The van der Waals surface area contributed by atoms with Gasteiger partial charge in [-0.05, 0) is 63.4 Å². The van der Waals surface area contributed by atoms with Gasteiger partial charge in [0.1, 0.15) is 5.41 Å². The first-order valence-electron chi connectivity index (χ1n) is 10.2. The molecule has 0 unspecified atom stereocenters. The molecule has 2 aromatic carbocycles. The average molecular weight is 394 g/mol. The number of carbonyl (C=O) groups excluding carboxylic acids is 2. The molecule has 0 radical (unpaired) electrons. The van der Waals surface area contributed by atoms with Crippen LogP contribution in [0.15, 0.2) is 42.5 Å². The number of piperazine rings is 1. The molecule has 0 atom stereocenters. The topological polar surface area (TPSA) is 52.7 Å². The van der Waals surface area contributed by atoms with E-state index in [-0.39, 0.29) is 11.8 Å². The number of anilines is 2. The largest absolute Gasteiger partial charge is 0.368 e. The third-order valence-corrected chi connectivity index (χ3v) is 5.76. The zero-order valence-electron chi connectivity index (χ0n) is 18.1. The number of hydrogen-bond acceptors (Lipinski definition) is 3. The summed E-state index contributed by atoms with van der Waals surface area (Å²) in [5.41, 5.74) is 4.07. The van der Waals surface area contributed by atoms with Crippen molar-refractivity contribution in [2.45, 2.75) is 34.6 Å². The number of rotatable bonds is 4. The Hall–Kier alpha value is -2.82. The quantitative estimate of drug-likeness (QED) is 0.801. The number of nitrogens with zero attached hydrogens (tertiary/aromatic N) is 2. The molecule has 3 rings (SSSR count). The SMILES string of the molecule is Cc1cccc(N2CCN(C(=O)C(C)(C)C(=O)Nc3c(C)cccc3C)CC2)c1. The first-order valence-corrected chi connectivity index (χ1v) is 10.2. The Labute approximate surface area is 173 Å². The molecule has 0 saturated carbocycles. The standard InChI is InChI=1S/C24H31N3O2/c1-17-8-6-11-20(16-17)26-12-14-27(15-13-26)23(29)24(4,5)22(28)25-21-18(2)9-7-10-19(21)3/h6-11,16H,12-15H2,1-5H3,(H,25,28). The van der Waals surface area contributed by atoms with E-state index in [1.54, 1.807) is 13.8 Å². The van der Waals surface area contributed by atoms with Gasteiger partial charge in [-0.2, -0.15) is 0 Å². The van der Waals surface area contributed by atoms with Crippen LogP contribution in [0, 0.1) is 26.2 Å². The molecule has 1 aliphatic rings. The van der Waals surface area contributed by atoms with Crippen molar-refractivity contribution in [3.8, 4) is 0 Å². The van der Waals surface area contributed by atoms with Crippen LogP contribution in [0.2, 0.25) is 0 Å². The van der Waals surface area contributed by atoms with Gasteiger partial charge in [0.15, 0.2) is 0 Å². The van der Waals surface area contributed by atoms with Gasteiger partial charge in [0.2, 0.25) is 11.8 Å². The average Bonchev–Trinajstić information content (AvgIpc) is 2.70. The van der Waals surface area contributed by atoms with Crippen molar-refractivity contribution >= 4 is 23.2 Å². The highest BCUT2D eigenvalue weighted by molar-refractivity contribution is 6.10. The highest BCUT2D eigenvalue weighted by Gasteiger charge is 2.40. The fourth-order valence-electron chi connectivity index (χ4n) is 3.77. The molecule has 0 aliphatic carbocycles. The van der Waals surface area contributed by atoms with E-state index < -0.39 is 5.41 Å². The van der Waals surface area contributed by atoms with E-state index in [0.717, 1.165) is 29.9 Å². The molecular weight excluding hydrogens is 362 g/mol. The molecule has 5 nitrogen and oxygen atoms in total. The monoisotopic (exact) mass is 393 g/mol. The van der Waals surface area contributed by atoms with Gasteiger partial charge in [0, 0.05) is 37.6 Å². The summed E-state index contributed by atoms with van der Waals surface area (Å²) in [6.07, 6.45) is 0. The summed E-state index contributed by atoms with van der Waals surface area (Å²) in [6, 6.07) is 14.3. The lowest BCUT2D eigenvalue weighted by atomic mass is 9.89. The summed E-state index contributed by atoms with van der Waals surface area (Å²) in [7, 11) is 0. The van der Waals surface area contributed by atoms with Gasteiger partial charge in [-0.1, -0.05) is 30.3 Å². The zero-order valence-corrected chi connectivity index (χ0v) is 18.1. The van der Waals surface area contributed by atoms with Crippen molar-refractivity contribution < 1.29 is 9.59 Å². The number of para-hydroxylation sites is 1. The molecule has 2 aromatic rings. The minimum Gasteiger partial charge on any atom is -0.368 e. The predicted octanol–water partition coefficient (Wildman–Crippen LogP) is 3.93. The third kappa shape index (κ3) is 4.44. The van der Waals surface area contributed by atoms with Crippen molar-refractivity contribution in [1.82, 2.24) is 4.90 Å². The van der Waals surface area contributed by atoms with Crippen molar-refractivity contribution in [2.75, 3.05) is 36.4 Å². The number of amides is 2. The van der Waals surface area contributed by atoms with Gasteiger partial charge < -0.3 is 15.1 Å². The van der Waals surface area contributed by atoms with Crippen molar-refractivity contribution in [3.63, 3.8) is 0 Å². The summed E-state index contributed by atoms with van der Waals surface area (Å²) in [4.78, 5) is 30.3. The maximum Gasteiger partial charge on any atom is 0.239 e. The predicted molar refractivity (Wildman–Crippen MR) is 118 cm³/mol. The minimum atomic E-state index is -1.12. The first-order chi connectivity index (χ1) is 13.7. The van der Waals surface area contributed by atoms with E-state index in [0.29, 0.717) is 13.1 Å². The molecule has 5 heteroatoms. The van der Waals surface area contributed by atoms with Gasteiger partial charge in [-0.3, -0.25) is 9.59 Å². The highest BCUT2D eigenvalue weighted by Crippen LogP contribution is 2.27. The number of aryl methyl sites for hydroxylation is 3. The smallest absolute Gasteiger partial charge is 0.239 e. The molecule has 29 heavy (non-hydrogen) atoms. The highest BCUT2D eigenvalue weighted by atomic mass is 16.2. The Morgan fingerprint density at radius 2 is 1.48 bits per heavy atom. The van der Waals surface area contributed by atoms with E-state index in [2.05, 4.69) is 41.4 Å². The van der Waals surface area contributed by atoms with Crippen molar-refractivity contribution in [3.05, 3.63) is 59.2 Å². The Morgan fingerprint density at radius 1 is 0.897 bits per heavy atom. The molecule has 1 saturated heterocycles. The summed E-state index contributed by atoms with van der Waals surface area (Å²) >= 11 is 0. The number of benzene rings is 2. The molecule has 1 fully saturated rings. The summed E-state index contributed by atoms with van der Waals surface area (Å²) < 4.78 is 0. The Morgan fingerprint density at radius 3 is 2.07 bits per heavy atom. The normalized spacial score (nSPS) is 14.7. The molecule has 1 N–H and O–H groups in total. The van der Waals surface area contributed by atoms with Gasteiger partial charge in [0.05, 0.1) is 0 Å². The van der Waals surface area contributed by atoms with Crippen LogP contribution in [0.4, 0.5) is 11.4 Å². The fourth-order valence-corrected chi connectivity index (χ4v) is 3.77. The molecule has 2 amide bonds. The van der Waals surface area contributed by atoms with Crippen LogP contribution in [0.3, 0.4) is 0 Å². The zero-order chi connectivity index (χ0) is 21.2. The molecule has 154 valence electrons. The van der Waals surface area contributed by atoms with E-state index in [9.17, 15) is 9.59 Å². The van der Waals surface area contributed by atoms with Gasteiger partial charge in [-0.15, -0.1) is 0 Å². The van der Waals surface area contributed by atoms with Crippen LogP contribution in [-0.2, 0) is 9.59 Å². The summed E-state index contributed by atoms with van der Waals surface area (Å²) in [5.74, 6) is -0.383. The van der Waals surface area contributed by atoms with Gasteiger partial charge >= 0.3 is 0 Å².